The molecule has 0 atom stereocenters. The van der Waals surface area contributed by atoms with Gasteiger partial charge in [0, 0.05) is 22.7 Å². The Bertz CT molecular complexity index is 1140. The van der Waals surface area contributed by atoms with Gasteiger partial charge in [-0.2, -0.15) is 0 Å². The topological polar surface area (TPSA) is 72.8 Å². The van der Waals surface area contributed by atoms with Gasteiger partial charge in [0.1, 0.15) is 17.4 Å². The van der Waals surface area contributed by atoms with E-state index in [1.54, 1.807) is 28.0 Å². The van der Waals surface area contributed by atoms with Crippen LogP contribution in [0.1, 0.15) is 16.3 Å². The van der Waals surface area contributed by atoms with Gasteiger partial charge in [0.05, 0.1) is 5.69 Å². The highest BCUT2D eigenvalue weighted by atomic mass is 35.5. The van der Waals surface area contributed by atoms with Crippen molar-refractivity contribution in [1.29, 1.82) is 0 Å². The van der Waals surface area contributed by atoms with Crippen LogP contribution in [0.25, 0.3) is 0 Å². The second-order valence-electron chi connectivity index (χ2n) is 6.46. The molecule has 0 fully saturated rings. The second kappa shape index (κ2) is 9.97. The Hall–Kier alpha value is -2.55. The molecule has 0 aliphatic heterocycles. The molecule has 2 aromatic carbocycles. The molecule has 0 aliphatic carbocycles. The Morgan fingerprint density at radius 2 is 1.93 bits per heavy atom. The van der Waals surface area contributed by atoms with Crippen molar-refractivity contribution < 1.29 is 4.74 Å². The third kappa shape index (κ3) is 5.53. The molecule has 0 unspecified atom stereocenters. The van der Waals surface area contributed by atoms with E-state index < -0.39 is 0 Å². The molecule has 2 heterocycles. The van der Waals surface area contributed by atoms with Gasteiger partial charge in [0.15, 0.2) is 5.16 Å². The molecule has 0 saturated carbocycles. The number of thioether (sulfide) groups is 1. The van der Waals surface area contributed by atoms with Crippen molar-refractivity contribution in [3.8, 4) is 5.75 Å². The molecule has 4 rings (SSSR count). The highest BCUT2D eigenvalue weighted by Gasteiger charge is 2.11. The minimum atomic E-state index is -0.191. The number of hydrogen-bond acceptors (Lipinski definition) is 6. The Morgan fingerprint density at radius 3 is 2.73 bits per heavy atom. The summed E-state index contributed by atoms with van der Waals surface area (Å²) in [7, 11) is 0. The maximum Gasteiger partial charge on any atom is 0.343 e. The van der Waals surface area contributed by atoms with Gasteiger partial charge >= 0.3 is 5.69 Å². The lowest BCUT2D eigenvalue weighted by molar-refractivity contribution is 0.305. The molecule has 0 bridgehead atoms. The Kier molecular flexibility index (Phi) is 6.88. The van der Waals surface area contributed by atoms with Gasteiger partial charge in [-0.1, -0.05) is 53.7 Å². The van der Waals surface area contributed by atoms with Crippen LogP contribution < -0.4 is 10.4 Å². The molecule has 4 aromatic rings. The van der Waals surface area contributed by atoms with E-state index in [2.05, 4.69) is 27.3 Å². The van der Waals surface area contributed by atoms with Gasteiger partial charge < -0.3 is 4.74 Å². The van der Waals surface area contributed by atoms with E-state index in [9.17, 15) is 4.79 Å². The first kappa shape index (κ1) is 20.7. The van der Waals surface area contributed by atoms with E-state index in [-0.39, 0.29) is 5.69 Å². The number of aryl methyl sites for hydroxylation is 1. The number of hydrogen-bond donors (Lipinski definition) is 1. The van der Waals surface area contributed by atoms with Crippen LogP contribution in [0.15, 0.2) is 69.9 Å². The predicted octanol–water partition coefficient (Wildman–Crippen LogP) is 4.80. The number of rotatable bonds is 9. The number of nitrogens with one attached hydrogen (secondary N) is 1. The number of H-pyrrole nitrogens is 1. The molecule has 6 nitrogen and oxygen atoms in total. The molecule has 0 radical (unpaired) electrons. The summed E-state index contributed by atoms with van der Waals surface area (Å²) < 4.78 is 7.41. The molecule has 0 amide bonds. The van der Waals surface area contributed by atoms with Crippen molar-refractivity contribution in [2.45, 2.75) is 30.5 Å². The molecular weight excluding hydrogens is 440 g/mol. The first-order valence-corrected chi connectivity index (χ1v) is 11.6. The molecule has 0 aliphatic rings. The quantitative estimate of drug-likeness (QED) is 0.365. The predicted molar refractivity (Wildman–Crippen MR) is 120 cm³/mol. The summed E-state index contributed by atoms with van der Waals surface area (Å²) >= 11 is 8.93. The van der Waals surface area contributed by atoms with Crippen LogP contribution in [0.5, 0.6) is 5.75 Å². The number of thiazole rings is 1. The number of benzene rings is 2. The summed E-state index contributed by atoms with van der Waals surface area (Å²) in [4.78, 5) is 16.7. The summed E-state index contributed by atoms with van der Waals surface area (Å²) in [5, 5.41) is 11.0. The highest BCUT2D eigenvalue weighted by Crippen LogP contribution is 2.23. The SMILES string of the molecule is O=c1[nH]nc(SCc2csc(COc3ccc(Cl)cc3)n2)n1CCc1ccccc1. The fourth-order valence-corrected chi connectivity index (χ4v) is 4.59. The fourth-order valence-electron chi connectivity index (χ4n) is 2.79. The summed E-state index contributed by atoms with van der Waals surface area (Å²) in [6.07, 6.45) is 0.775. The summed E-state index contributed by atoms with van der Waals surface area (Å²) in [6.45, 7) is 0.986. The zero-order valence-electron chi connectivity index (χ0n) is 16.0. The fraction of sp³-hybridized carbons (Fsp3) is 0.190. The lowest BCUT2D eigenvalue weighted by Gasteiger charge is -2.05. The monoisotopic (exact) mass is 458 g/mol. The second-order valence-corrected chi connectivity index (χ2v) is 8.78. The number of ether oxygens (including phenoxy) is 1. The summed E-state index contributed by atoms with van der Waals surface area (Å²) in [6, 6.07) is 17.3. The highest BCUT2D eigenvalue weighted by molar-refractivity contribution is 7.98. The molecule has 30 heavy (non-hydrogen) atoms. The minimum absolute atomic E-state index is 0.191. The standard InChI is InChI=1S/C21H19ClN4O2S2/c22-16-6-8-18(9-7-16)28-12-19-23-17(13-29-19)14-30-21-25-24-20(27)26(21)11-10-15-4-2-1-3-5-15/h1-9,13H,10-12,14H2,(H,24,27). The van der Waals surface area contributed by atoms with E-state index in [1.165, 1.54) is 17.3 Å². The maximum absolute atomic E-state index is 12.1. The Balaban J connectivity index is 1.32. The molecule has 1 N–H and O–H groups in total. The van der Waals surface area contributed by atoms with E-state index >= 15 is 0 Å². The number of aromatic amines is 1. The van der Waals surface area contributed by atoms with Crippen LogP contribution >= 0.6 is 34.7 Å². The van der Waals surface area contributed by atoms with E-state index in [4.69, 9.17) is 16.3 Å². The van der Waals surface area contributed by atoms with Gasteiger partial charge in [0.2, 0.25) is 0 Å². The van der Waals surface area contributed by atoms with Crippen molar-refractivity contribution in [2.24, 2.45) is 0 Å². The maximum atomic E-state index is 12.1. The first-order chi connectivity index (χ1) is 14.7. The van der Waals surface area contributed by atoms with Crippen LogP contribution in [0, 0.1) is 0 Å². The third-order valence-electron chi connectivity index (χ3n) is 4.31. The van der Waals surface area contributed by atoms with Gasteiger partial charge in [-0.25, -0.2) is 14.9 Å². The van der Waals surface area contributed by atoms with Crippen molar-refractivity contribution in [1.82, 2.24) is 19.7 Å². The van der Waals surface area contributed by atoms with Crippen molar-refractivity contribution in [3.63, 3.8) is 0 Å². The van der Waals surface area contributed by atoms with Crippen LogP contribution in [0.4, 0.5) is 0 Å². The molecule has 154 valence electrons. The van der Waals surface area contributed by atoms with Crippen molar-refractivity contribution in [2.75, 3.05) is 0 Å². The third-order valence-corrected chi connectivity index (χ3v) is 6.45. The van der Waals surface area contributed by atoms with Gasteiger partial charge in [-0.15, -0.1) is 16.4 Å². The summed E-state index contributed by atoms with van der Waals surface area (Å²) in [5.74, 6) is 1.39. The van der Waals surface area contributed by atoms with Crippen LogP contribution in [0.2, 0.25) is 5.02 Å². The smallest absolute Gasteiger partial charge is 0.343 e. The van der Waals surface area contributed by atoms with Crippen LogP contribution in [-0.4, -0.2) is 19.7 Å². The van der Waals surface area contributed by atoms with Gasteiger partial charge in [-0.05, 0) is 36.2 Å². The molecule has 0 spiro atoms. The largest absolute Gasteiger partial charge is 0.486 e. The molecule has 9 heteroatoms. The van der Waals surface area contributed by atoms with Crippen LogP contribution in [0.3, 0.4) is 0 Å². The minimum Gasteiger partial charge on any atom is -0.486 e. The Labute approximate surface area is 186 Å². The normalized spacial score (nSPS) is 11.0. The van der Waals surface area contributed by atoms with E-state index in [0.29, 0.717) is 29.1 Å². The zero-order chi connectivity index (χ0) is 20.8. The Morgan fingerprint density at radius 1 is 1.13 bits per heavy atom. The molecule has 2 aromatic heterocycles. The molecular formula is C21H19ClN4O2S2. The first-order valence-electron chi connectivity index (χ1n) is 9.31. The van der Waals surface area contributed by atoms with E-state index in [1.807, 2.05) is 35.7 Å². The number of halogens is 1. The number of aromatic nitrogens is 4. The number of nitrogens with zero attached hydrogens (tertiary/aromatic N) is 3. The average molecular weight is 459 g/mol. The lowest BCUT2D eigenvalue weighted by atomic mass is 10.1. The van der Waals surface area contributed by atoms with Crippen molar-refractivity contribution in [3.05, 3.63) is 91.7 Å². The van der Waals surface area contributed by atoms with Crippen LogP contribution in [-0.2, 0) is 25.3 Å². The average Bonchev–Trinajstić information content (AvgIpc) is 3.37. The van der Waals surface area contributed by atoms with Gasteiger partial charge in [0.25, 0.3) is 0 Å². The zero-order valence-corrected chi connectivity index (χ0v) is 18.3. The molecule has 0 saturated heterocycles. The lowest BCUT2D eigenvalue weighted by Crippen LogP contribution is -2.18. The summed E-state index contributed by atoms with van der Waals surface area (Å²) in [5.41, 5.74) is 1.93. The van der Waals surface area contributed by atoms with Gasteiger partial charge in [-0.3, -0.25) is 4.57 Å². The van der Waals surface area contributed by atoms with Crippen molar-refractivity contribution >= 4 is 34.7 Å². The van der Waals surface area contributed by atoms with E-state index in [0.717, 1.165) is 22.9 Å².